The van der Waals surface area contributed by atoms with Gasteiger partial charge in [-0.15, -0.1) is 0 Å². The lowest BCUT2D eigenvalue weighted by Crippen LogP contribution is -2.67. The van der Waals surface area contributed by atoms with E-state index in [9.17, 15) is 91.4 Å². The topological polar surface area (TPSA) is 577 Å². The molecular formula is C36H64NO35P. The maximum atomic E-state index is 11.5. The van der Waals surface area contributed by atoms with Gasteiger partial charge in [-0.3, -0.25) is 14.6 Å². The van der Waals surface area contributed by atoms with Crippen molar-refractivity contribution in [2.45, 2.75) is 184 Å². The Hall–Kier alpha value is -1.17. The van der Waals surface area contributed by atoms with Crippen molar-refractivity contribution in [2.24, 2.45) is 5.90 Å². The minimum absolute atomic E-state index is 0.743. The van der Waals surface area contributed by atoms with Crippen molar-refractivity contribution in [3.63, 3.8) is 0 Å². The molecule has 6 aliphatic heterocycles. The molecule has 0 bridgehead atoms. The van der Waals surface area contributed by atoms with Gasteiger partial charge in [0, 0.05) is 0 Å². The van der Waals surface area contributed by atoms with Crippen molar-refractivity contribution < 1.29 is 173 Å². The van der Waals surface area contributed by atoms with E-state index < -0.39 is 232 Å². The highest BCUT2D eigenvalue weighted by Gasteiger charge is 2.56. The summed E-state index contributed by atoms with van der Waals surface area (Å²) in [6.07, 6.45) is -58.8. The average Bonchev–Trinajstić information content (AvgIpc) is 3.35. The highest BCUT2D eigenvalue weighted by molar-refractivity contribution is 7.46. The Labute approximate surface area is 410 Å². The number of phosphoric ester groups is 1. The lowest BCUT2D eigenvalue weighted by molar-refractivity contribution is -0.391. The Morgan fingerprint density at radius 3 is 1.19 bits per heavy atom. The highest BCUT2D eigenvalue weighted by Crippen LogP contribution is 2.39. The molecule has 22 N–H and O–H groups in total. The first-order chi connectivity index (χ1) is 34.4. The molecule has 6 rings (SSSR count). The molecule has 30 atom stereocenters. The van der Waals surface area contributed by atoms with Crippen LogP contribution in [0.15, 0.2) is 0 Å². The van der Waals surface area contributed by atoms with Crippen molar-refractivity contribution in [2.75, 3.05) is 39.6 Å². The van der Waals surface area contributed by atoms with E-state index in [4.69, 9.17) is 77.9 Å². The molecule has 6 heterocycles. The van der Waals surface area contributed by atoms with Crippen LogP contribution in [0.3, 0.4) is 0 Å². The largest absolute Gasteiger partial charge is 0.469 e. The lowest BCUT2D eigenvalue weighted by Gasteiger charge is -2.48. The summed E-state index contributed by atoms with van der Waals surface area (Å²) < 4.78 is 77.0. The van der Waals surface area contributed by atoms with E-state index >= 15 is 0 Å². The van der Waals surface area contributed by atoms with Gasteiger partial charge in [-0.25, -0.2) is 15.3 Å². The molecule has 6 fully saturated rings. The molecule has 0 radical (unpaired) electrons. The van der Waals surface area contributed by atoms with Gasteiger partial charge in [0.1, 0.15) is 153 Å². The summed E-state index contributed by atoms with van der Waals surface area (Å²) in [6, 6.07) is 0. The van der Waals surface area contributed by atoms with Crippen molar-refractivity contribution in [1.82, 2.24) is 0 Å². The van der Waals surface area contributed by atoms with E-state index in [1.165, 1.54) is 0 Å². The fourth-order valence-corrected chi connectivity index (χ4v) is 8.91. The molecule has 0 aromatic rings. The van der Waals surface area contributed by atoms with Crippen LogP contribution in [0.4, 0.5) is 0 Å². The van der Waals surface area contributed by atoms with Crippen molar-refractivity contribution in [3.8, 4) is 0 Å². The number of ether oxygens (including phenoxy) is 11. The zero-order valence-corrected chi connectivity index (χ0v) is 38.6. The minimum atomic E-state index is -5.18. The summed E-state index contributed by atoms with van der Waals surface area (Å²) in [7, 11) is -5.18. The number of rotatable bonds is 20. The van der Waals surface area contributed by atoms with Gasteiger partial charge in [-0.1, -0.05) is 0 Å². The summed E-state index contributed by atoms with van der Waals surface area (Å²) >= 11 is 0. The molecule has 6 aliphatic rings. The Balaban J connectivity index is 1.14. The second-order valence-electron chi connectivity index (χ2n) is 17.7. The van der Waals surface area contributed by atoms with E-state index in [1.54, 1.807) is 0 Å². The molecule has 0 amide bonds. The third kappa shape index (κ3) is 13.8. The predicted molar refractivity (Wildman–Crippen MR) is 215 cm³/mol. The molecular weight excluding hydrogens is 1040 g/mol. The lowest BCUT2D eigenvalue weighted by atomic mass is 9.96. The van der Waals surface area contributed by atoms with Crippen molar-refractivity contribution in [3.05, 3.63) is 0 Å². The average molecular weight is 1100 g/mol. The van der Waals surface area contributed by atoms with Crippen LogP contribution in [0.5, 0.6) is 0 Å². The van der Waals surface area contributed by atoms with E-state index in [1.807, 2.05) is 0 Å². The summed E-state index contributed by atoms with van der Waals surface area (Å²) in [6.45, 7) is -5.53. The molecule has 73 heavy (non-hydrogen) atoms. The van der Waals surface area contributed by atoms with Crippen molar-refractivity contribution >= 4 is 7.82 Å². The molecule has 0 aromatic carbocycles. The summed E-state index contributed by atoms with van der Waals surface area (Å²) in [5.41, 5.74) is 0. The summed E-state index contributed by atoms with van der Waals surface area (Å²) in [4.78, 5) is 26.9. The molecule has 0 aliphatic carbocycles. The second-order valence-corrected chi connectivity index (χ2v) is 18.9. The molecule has 12 unspecified atom stereocenters. The van der Waals surface area contributed by atoms with Gasteiger partial charge >= 0.3 is 7.82 Å². The fraction of sp³-hybridized carbons (Fsp3) is 1.00. The number of phosphoric acid groups is 1. The minimum Gasteiger partial charge on any atom is -0.394 e. The van der Waals surface area contributed by atoms with Crippen LogP contribution in [0, 0.1) is 0 Å². The maximum Gasteiger partial charge on any atom is 0.469 e. The van der Waals surface area contributed by atoms with Crippen molar-refractivity contribution in [1.29, 1.82) is 0 Å². The molecule has 428 valence electrons. The smallest absolute Gasteiger partial charge is 0.394 e. The van der Waals surface area contributed by atoms with Crippen LogP contribution >= 0.6 is 7.82 Å². The van der Waals surface area contributed by atoms with Crippen LogP contribution in [0.2, 0.25) is 0 Å². The van der Waals surface area contributed by atoms with Gasteiger partial charge in [-0.2, -0.15) is 0 Å². The fourth-order valence-electron chi connectivity index (χ4n) is 8.57. The molecule has 0 aromatic heterocycles. The summed E-state index contributed by atoms with van der Waals surface area (Å²) in [5, 5.41) is 190. The van der Waals surface area contributed by atoms with Gasteiger partial charge in [0.2, 0.25) is 6.29 Å². The molecule has 6 saturated heterocycles. The zero-order chi connectivity index (χ0) is 54.0. The van der Waals surface area contributed by atoms with Crippen LogP contribution in [-0.2, 0) is 70.9 Å². The van der Waals surface area contributed by atoms with Gasteiger partial charge in [0.25, 0.3) is 0 Å². The first kappa shape index (κ1) is 61.0. The van der Waals surface area contributed by atoms with Gasteiger partial charge in [-0.05, 0) is 0 Å². The van der Waals surface area contributed by atoms with Gasteiger partial charge in [0.05, 0.1) is 33.0 Å². The Morgan fingerprint density at radius 2 is 0.726 bits per heavy atom. The molecule has 36 nitrogen and oxygen atoms in total. The Kier molecular flexibility index (Phi) is 21.9. The molecule has 0 saturated carbocycles. The predicted octanol–water partition coefficient (Wildman–Crippen LogP) is -13.6. The maximum absolute atomic E-state index is 11.5. The number of hydrogen-bond acceptors (Lipinski definition) is 34. The molecule has 0 spiro atoms. The van der Waals surface area contributed by atoms with E-state index in [0.29, 0.717) is 0 Å². The third-order valence-electron chi connectivity index (χ3n) is 12.8. The van der Waals surface area contributed by atoms with Gasteiger partial charge in [0.15, 0.2) is 31.5 Å². The second kappa shape index (κ2) is 26.2. The third-order valence-corrected chi connectivity index (χ3v) is 13.3. The summed E-state index contributed by atoms with van der Waals surface area (Å²) in [5.74, 6) is 5.35. The number of hydrogen-bond donors (Lipinski definition) is 21. The number of aliphatic hydroxyl groups excluding tert-OH is 17. The zero-order valence-electron chi connectivity index (χ0n) is 37.7. The van der Waals surface area contributed by atoms with Gasteiger partial charge < -0.3 is 149 Å². The Morgan fingerprint density at radius 1 is 0.370 bits per heavy atom. The van der Waals surface area contributed by atoms with E-state index in [0.717, 1.165) is 0 Å². The highest BCUT2D eigenvalue weighted by atomic mass is 31.2. The van der Waals surface area contributed by atoms with Crippen LogP contribution in [0.1, 0.15) is 0 Å². The normalized spacial score (nSPS) is 50.2. The van der Waals surface area contributed by atoms with Crippen LogP contribution in [-0.4, -0.2) is 326 Å². The quantitative estimate of drug-likeness (QED) is 0.0306. The SMILES string of the molecule is NO[C@@H]1OC(CO[C@H]2OC(CO[C@H]3OC(CO)[C@@H](O)[C@H](O)C3O[C@H]3OC(COO)[C@@H](O)[C@H](O)C3O)[C@@H](O)[C@H](O)C2O)[C@@H](O)[C@H](O[C@H]2OC(CO)[C@@H](O)[C@H](O)C2O[C@H]2OC(COP(=O)(O)O)[C@@H](O)[C@H](O)C2O)C1O. The Bertz CT molecular complexity index is 1730. The number of nitrogens with two attached hydrogens (primary N) is 1. The standard InChI is InChI=1S/C36H64NO35P/c37-72-34-27(54)28(69-36-30(23(50)14(41)8(2-39)64-36)71-33-26(53)21(48)17(44)12(67-33)6-62-73(56,57)58)18(45)10(68-34)4-59-31-24(51)19(46)15(42)9(65-31)3-60-35-29(22(49)13(40)7(1-38)63-35)70-32-25(52)20(47)16(43)11(66-32)5-61-55/h7-36,38-55H,1-6,37H2,(H2,56,57,58)/t7?,8?,9?,10?,11?,12?,13-,14-,15-,16-,17-,18-,19+,20+,21+,22+,23+,24?,25?,26?,27?,28+,29?,30?,31+,32-,33-,34+,35+,36-/m1/s1. The first-order valence-corrected chi connectivity index (χ1v) is 23.8. The van der Waals surface area contributed by atoms with Crippen LogP contribution in [0.25, 0.3) is 0 Å². The monoisotopic (exact) mass is 1100 g/mol. The van der Waals surface area contributed by atoms with Crippen LogP contribution < -0.4 is 5.90 Å². The first-order valence-electron chi connectivity index (χ1n) is 22.2. The van der Waals surface area contributed by atoms with E-state index in [-0.39, 0.29) is 0 Å². The number of aliphatic hydroxyl groups is 17. The molecule has 37 heteroatoms. The van der Waals surface area contributed by atoms with E-state index in [2.05, 4.69) is 9.41 Å².